The van der Waals surface area contributed by atoms with Crippen molar-refractivity contribution in [1.29, 1.82) is 0 Å². The topological polar surface area (TPSA) is 136 Å². The molecule has 9 nitrogen and oxygen atoms in total. The SMILES string of the molecule is C.CC(O)C(=O)OC(C)C(=O)CCOC(C)C(=O)OC(C)C(=O)O. The van der Waals surface area contributed by atoms with Crippen LogP contribution in [0.4, 0.5) is 0 Å². The summed E-state index contributed by atoms with van der Waals surface area (Å²) >= 11 is 0. The zero-order valence-corrected chi connectivity index (χ0v) is 13.5. The molecule has 140 valence electrons. The lowest BCUT2D eigenvalue weighted by Gasteiger charge is -2.16. The molecule has 2 N–H and O–H groups in total. The zero-order chi connectivity index (χ0) is 18.2. The Morgan fingerprint density at radius 1 is 0.875 bits per heavy atom. The van der Waals surface area contributed by atoms with Crippen molar-refractivity contribution in [2.75, 3.05) is 6.61 Å². The van der Waals surface area contributed by atoms with E-state index >= 15 is 0 Å². The van der Waals surface area contributed by atoms with E-state index in [9.17, 15) is 19.2 Å². The Labute approximate surface area is 140 Å². The van der Waals surface area contributed by atoms with Gasteiger partial charge in [0.25, 0.3) is 0 Å². The highest BCUT2D eigenvalue weighted by Crippen LogP contribution is 2.04. The van der Waals surface area contributed by atoms with Gasteiger partial charge in [0.05, 0.1) is 6.61 Å². The van der Waals surface area contributed by atoms with E-state index in [0.29, 0.717) is 0 Å². The van der Waals surface area contributed by atoms with Gasteiger partial charge in [-0.3, -0.25) is 4.79 Å². The van der Waals surface area contributed by atoms with Gasteiger partial charge in [0.1, 0.15) is 6.10 Å². The van der Waals surface area contributed by atoms with Crippen LogP contribution in [0.15, 0.2) is 0 Å². The molecule has 24 heavy (non-hydrogen) atoms. The highest BCUT2D eigenvalue weighted by molar-refractivity contribution is 5.86. The molecule has 0 aromatic heterocycles. The van der Waals surface area contributed by atoms with Crippen molar-refractivity contribution in [2.24, 2.45) is 0 Å². The summed E-state index contributed by atoms with van der Waals surface area (Å²) in [6, 6.07) is 0. The minimum atomic E-state index is -1.33. The number of aliphatic carboxylic acids is 1. The number of Topliss-reactive ketones (excluding diaryl/α,β-unsaturated/α-hetero) is 1. The average Bonchev–Trinajstić information content (AvgIpc) is 2.46. The number of aliphatic hydroxyl groups is 1. The van der Waals surface area contributed by atoms with E-state index in [1.54, 1.807) is 0 Å². The van der Waals surface area contributed by atoms with E-state index in [0.717, 1.165) is 0 Å². The van der Waals surface area contributed by atoms with Crippen molar-refractivity contribution >= 4 is 23.7 Å². The van der Waals surface area contributed by atoms with E-state index in [4.69, 9.17) is 19.7 Å². The molecular formula is C15H26O9. The summed E-state index contributed by atoms with van der Waals surface area (Å²) in [7, 11) is 0. The van der Waals surface area contributed by atoms with Gasteiger partial charge >= 0.3 is 17.9 Å². The lowest BCUT2D eigenvalue weighted by Crippen LogP contribution is -2.32. The van der Waals surface area contributed by atoms with Crippen LogP contribution in [0, 0.1) is 0 Å². The summed E-state index contributed by atoms with van der Waals surface area (Å²) in [5, 5.41) is 17.6. The molecule has 0 amide bonds. The lowest BCUT2D eigenvalue weighted by atomic mass is 10.2. The van der Waals surface area contributed by atoms with Crippen LogP contribution in [0.3, 0.4) is 0 Å². The number of esters is 2. The van der Waals surface area contributed by atoms with Gasteiger partial charge in [-0.15, -0.1) is 0 Å². The van der Waals surface area contributed by atoms with Crippen LogP contribution in [0.2, 0.25) is 0 Å². The first-order valence-corrected chi connectivity index (χ1v) is 7.02. The molecule has 0 fully saturated rings. The molecule has 0 rings (SSSR count). The fraction of sp³-hybridized carbons (Fsp3) is 0.733. The summed E-state index contributed by atoms with van der Waals surface area (Å²) in [6.45, 7) is 5.00. The summed E-state index contributed by atoms with van der Waals surface area (Å²) in [6.07, 6.45) is -4.84. The van der Waals surface area contributed by atoms with Crippen molar-refractivity contribution in [3.8, 4) is 0 Å². The van der Waals surface area contributed by atoms with E-state index in [1.807, 2.05) is 0 Å². The minimum absolute atomic E-state index is 0. The van der Waals surface area contributed by atoms with Crippen LogP contribution in [-0.2, 0) is 33.4 Å². The van der Waals surface area contributed by atoms with Crippen molar-refractivity contribution in [3.05, 3.63) is 0 Å². The molecule has 4 atom stereocenters. The molecule has 0 aliphatic rings. The summed E-state index contributed by atoms with van der Waals surface area (Å²) in [4.78, 5) is 44.9. The molecule has 0 heterocycles. The number of hydrogen-bond acceptors (Lipinski definition) is 8. The standard InChI is InChI=1S/C14H22O9.CH4/c1-7(15)13(19)22-8(2)11(16)5-6-21-10(4)14(20)23-9(3)12(17)18;/h7-10,15H,5-6H2,1-4H3,(H,17,18);1H4. The van der Waals surface area contributed by atoms with Crippen LogP contribution in [0.5, 0.6) is 0 Å². The first kappa shape index (κ1) is 24.3. The Balaban J connectivity index is 0. The molecule has 0 saturated carbocycles. The first-order valence-electron chi connectivity index (χ1n) is 7.02. The fourth-order valence-corrected chi connectivity index (χ4v) is 1.27. The second-order valence-electron chi connectivity index (χ2n) is 4.90. The van der Waals surface area contributed by atoms with Crippen molar-refractivity contribution in [2.45, 2.75) is 66.0 Å². The predicted octanol–water partition coefficient (Wildman–Crippen LogP) is 0.316. The number of carboxylic acid groups (broad SMARTS) is 1. The molecule has 0 aromatic rings. The number of carboxylic acids is 1. The fourth-order valence-electron chi connectivity index (χ4n) is 1.27. The lowest BCUT2D eigenvalue weighted by molar-refractivity contribution is -0.170. The predicted molar refractivity (Wildman–Crippen MR) is 82.2 cm³/mol. The van der Waals surface area contributed by atoms with Gasteiger partial charge in [0.2, 0.25) is 0 Å². The van der Waals surface area contributed by atoms with Gasteiger partial charge in [-0.1, -0.05) is 7.43 Å². The summed E-state index contributed by atoms with van der Waals surface area (Å²) in [5.74, 6) is -3.50. The molecule has 0 radical (unpaired) electrons. The third-order valence-electron chi connectivity index (χ3n) is 2.78. The monoisotopic (exact) mass is 350 g/mol. The maximum absolute atomic E-state index is 11.7. The highest BCUT2D eigenvalue weighted by Gasteiger charge is 2.23. The van der Waals surface area contributed by atoms with Gasteiger partial charge in [0, 0.05) is 6.42 Å². The second-order valence-corrected chi connectivity index (χ2v) is 4.90. The van der Waals surface area contributed by atoms with Crippen LogP contribution in [0.25, 0.3) is 0 Å². The molecule has 0 saturated heterocycles. The zero-order valence-electron chi connectivity index (χ0n) is 13.5. The van der Waals surface area contributed by atoms with E-state index in [-0.39, 0.29) is 20.5 Å². The number of carbonyl (C=O) groups is 4. The van der Waals surface area contributed by atoms with Gasteiger partial charge in [0.15, 0.2) is 24.1 Å². The molecule has 0 aromatic carbocycles. The van der Waals surface area contributed by atoms with Gasteiger partial charge in [-0.2, -0.15) is 0 Å². The number of aliphatic hydroxyl groups excluding tert-OH is 1. The number of ether oxygens (including phenoxy) is 3. The molecule has 0 aliphatic heterocycles. The Morgan fingerprint density at radius 3 is 1.83 bits per heavy atom. The average molecular weight is 350 g/mol. The molecule has 0 spiro atoms. The molecule has 0 aliphatic carbocycles. The largest absolute Gasteiger partial charge is 0.479 e. The van der Waals surface area contributed by atoms with Gasteiger partial charge < -0.3 is 24.4 Å². The Hall–Kier alpha value is -2.00. The second kappa shape index (κ2) is 11.5. The maximum atomic E-state index is 11.7. The van der Waals surface area contributed by atoms with Crippen LogP contribution >= 0.6 is 0 Å². The Bertz CT molecular complexity index is 444. The van der Waals surface area contributed by atoms with Gasteiger partial charge in [-0.05, 0) is 27.7 Å². The van der Waals surface area contributed by atoms with E-state index in [2.05, 4.69) is 4.74 Å². The van der Waals surface area contributed by atoms with Crippen LogP contribution in [0.1, 0.15) is 41.5 Å². The Morgan fingerprint density at radius 2 is 1.38 bits per heavy atom. The quantitative estimate of drug-likeness (QED) is 0.533. The van der Waals surface area contributed by atoms with Crippen molar-refractivity contribution in [1.82, 2.24) is 0 Å². The number of carbonyl (C=O) groups excluding carboxylic acids is 3. The first-order chi connectivity index (χ1) is 10.6. The van der Waals surface area contributed by atoms with Crippen LogP contribution in [-0.4, -0.2) is 64.9 Å². The third kappa shape index (κ3) is 9.21. The minimum Gasteiger partial charge on any atom is -0.479 e. The maximum Gasteiger partial charge on any atom is 0.344 e. The number of rotatable bonds is 10. The van der Waals surface area contributed by atoms with Crippen molar-refractivity contribution in [3.63, 3.8) is 0 Å². The molecule has 9 heteroatoms. The summed E-state index contributed by atoms with van der Waals surface area (Å²) < 4.78 is 14.4. The third-order valence-corrected chi connectivity index (χ3v) is 2.78. The number of ketones is 1. The Kier molecular flexibility index (Phi) is 11.6. The smallest absolute Gasteiger partial charge is 0.344 e. The summed E-state index contributed by atoms with van der Waals surface area (Å²) in [5.41, 5.74) is 0. The van der Waals surface area contributed by atoms with E-state index < -0.39 is 48.1 Å². The highest BCUT2D eigenvalue weighted by atomic mass is 16.6. The van der Waals surface area contributed by atoms with Crippen LogP contribution < -0.4 is 0 Å². The van der Waals surface area contributed by atoms with Crippen molar-refractivity contribution < 1.29 is 43.6 Å². The molecule has 4 unspecified atom stereocenters. The normalized spacial score (nSPS) is 15.2. The number of hydrogen-bond donors (Lipinski definition) is 2. The molecular weight excluding hydrogens is 324 g/mol. The van der Waals surface area contributed by atoms with E-state index in [1.165, 1.54) is 27.7 Å². The van der Waals surface area contributed by atoms with Gasteiger partial charge in [-0.25, -0.2) is 14.4 Å². The molecule has 0 bridgehead atoms.